The van der Waals surface area contributed by atoms with Crippen LogP contribution in [0.4, 0.5) is 10.8 Å². The highest BCUT2D eigenvalue weighted by atomic mass is 32.1. The number of aromatic nitrogens is 1. The molecule has 0 aliphatic rings. The van der Waals surface area contributed by atoms with Gasteiger partial charge < -0.3 is 5.32 Å². The molecule has 4 aromatic rings. The zero-order chi connectivity index (χ0) is 20.8. The molecule has 0 radical (unpaired) electrons. The molecule has 1 heterocycles. The topological polar surface area (TPSA) is 66.4 Å². The largest absolute Gasteiger partial charge is 0.322 e. The average molecular weight is 413 g/mol. The Morgan fingerprint density at radius 2 is 1.50 bits per heavy atom. The molecule has 2 N–H and O–H groups in total. The van der Waals surface area contributed by atoms with E-state index in [2.05, 4.69) is 20.8 Å². The second kappa shape index (κ2) is 9.15. The van der Waals surface area contributed by atoms with Crippen LogP contribution in [0.3, 0.4) is 0 Å². The quantitative estimate of drug-likeness (QED) is 0.306. The Kier molecular flexibility index (Phi) is 5.96. The SMILES string of the molecule is C/C(=N/Nc1nc(-c2ccc(NC(=O)c3ccccc3)cc2)cs1)c1ccccc1. The molecular formula is C24H20N4OS. The van der Waals surface area contributed by atoms with Gasteiger partial charge in [-0.15, -0.1) is 11.3 Å². The van der Waals surface area contributed by atoms with Crippen LogP contribution in [0.25, 0.3) is 11.3 Å². The molecule has 1 amide bonds. The third-order valence-corrected chi connectivity index (χ3v) is 5.24. The molecule has 148 valence electrons. The summed E-state index contributed by atoms with van der Waals surface area (Å²) in [4.78, 5) is 16.9. The second-order valence-electron chi connectivity index (χ2n) is 6.61. The highest BCUT2D eigenvalue weighted by Crippen LogP contribution is 2.26. The number of carbonyl (C=O) groups excluding carboxylic acids is 1. The first-order valence-electron chi connectivity index (χ1n) is 9.47. The van der Waals surface area contributed by atoms with Gasteiger partial charge in [0.15, 0.2) is 0 Å². The van der Waals surface area contributed by atoms with Gasteiger partial charge in [-0.1, -0.05) is 60.7 Å². The fraction of sp³-hybridized carbons (Fsp3) is 0.0417. The molecule has 4 rings (SSSR count). The minimum Gasteiger partial charge on any atom is -0.322 e. The molecule has 0 unspecified atom stereocenters. The minimum atomic E-state index is -0.129. The van der Waals surface area contributed by atoms with Crippen molar-refractivity contribution in [3.8, 4) is 11.3 Å². The number of anilines is 2. The van der Waals surface area contributed by atoms with E-state index in [9.17, 15) is 4.79 Å². The lowest BCUT2D eigenvalue weighted by Gasteiger charge is -2.06. The van der Waals surface area contributed by atoms with E-state index in [4.69, 9.17) is 0 Å². The fourth-order valence-electron chi connectivity index (χ4n) is 2.85. The van der Waals surface area contributed by atoms with Crippen LogP contribution in [0.15, 0.2) is 95.4 Å². The van der Waals surface area contributed by atoms with Gasteiger partial charge in [0, 0.05) is 22.2 Å². The maximum atomic E-state index is 12.3. The predicted octanol–water partition coefficient (Wildman–Crippen LogP) is 5.90. The van der Waals surface area contributed by atoms with Gasteiger partial charge in [0.05, 0.1) is 11.4 Å². The Bertz CT molecular complexity index is 1150. The lowest BCUT2D eigenvalue weighted by molar-refractivity contribution is 0.102. The number of amides is 1. The van der Waals surface area contributed by atoms with Gasteiger partial charge >= 0.3 is 0 Å². The maximum absolute atomic E-state index is 12.3. The molecule has 0 bridgehead atoms. The molecule has 5 nitrogen and oxygen atoms in total. The van der Waals surface area contributed by atoms with Crippen LogP contribution in [0.2, 0.25) is 0 Å². The summed E-state index contributed by atoms with van der Waals surface area (Å²) in [6.07, 6.45) is 0. The molecule has 0 fully saturated rings. The van der Waals surface area contributed by atoms with Crippen LogP contribution >= 0.6 is 11.3 Å². The molecule has 3 aromatic carbocycles. The number of nitrogens with zero attached hydrogens (tertiary/aromatic N) is 2. The first kappa shape index (κ1) is 19.5. The van der Waals surface area contributed by atoms with Crippen molar-refractivity contribution in [3.63, 3.8) is 0 Å². The van der Waals surface area contributed by atoms with Crippen LogP contribution in [0.5, 0.6) is 0 Å². The highest BCUT2D eigenvalue weighted by Gasteiger charge is 2.07. The Balaban J connectivity index is 1.40. The maximum Gasteiger partial charge on any atom is 0.255 e. The van der Waals surface area contributed by atoms with Crippen molar-refractivity contribution in [2.75, 3.05) is 10.7 Å². The van der Waals surface area contributed by atoms with Gasteiger partial charge in [0.1, 0.15) is 0 Å². The molecule has 6 heteroatoms. The summed E-state index contributed by atoms with van der Waals surface area (Å²) in [5.74, 6) is -0.129. The number of hydrazone groups is 1. The third kappa shape index (κ3) is 4.79. The molecule has 0 atom stereocenters. The Labute approximate surface area is 179 Å². The Hall–Kier alpha value is -3.77. The molecule has 0 aliphatic heterocycles. The van der Waals surface area contributed by atoms with Crippen LogP contribution in [-0.2, 0) is 0 Å². The van der Waals surface area contributed by atoms with Crippen molar-refractivity contribution in [1.29, 1.82) is 0 Å². The molecule has 0 saturated carbocycles. The number of nitrogens with one attached hydrogen (secondary N) is 2. The van der Waals surface area contributed by atoms with Gasteiger partial charge in [-0.2, -0.15) is 5.10 Å². The Morgan fingerprint density at radius 1 is 0.867 bits per heavy atom. The summed E-state index contributed by atoms with van der Waals surface area (Å²) in [5.41, 5.74) is 8.18. The van der Waals surface area contributed by atoms with Crippen molar-refractivity contribution in [3.05, 3.63) is 101 Å². The minimum absolute atomic E-state index is 0.129. The molecular weight excluding hydrogens is 392 g/mol. The van der Waals surface area contributed by atoms with Crippen molar-refractivity contribution in [2.24, 2.45) is 5.10 Å². The fourth-order valence-corrected chi connectivity index (χ4v) is 3.51. The van der Waals surface area contributed by atoms with Crippen LogP contribution < -0.4 is 10.7 Å². The van der Waals surface area contributed by atoms with E-state index in [0.29, 0.717) is 5.56 Å². The lowest BCUT2D eigenvalue weighted by Crippen LogP contribution is -2.11. The number of hydrogen-bond acceptors (Lipinski definition) is 5. The summed E-state index contributed by atoms with van der Waals surface area (Å²) < 4.78 is 0. The smallest absolute Gasteiger partial charge is 0.255 e. The van der Waals surface area contributed by atoms with E-state index in [0.717, 1.165) is 33.4 Å². The molecule has 30 heavy (non-hydrogen) atoms. The van der Waals surface area contributed by atoms with E-state index < -0.39 is 0 Å². The molecule has 1 aromatic heterocycles. The van der Waals surface area contributed by atoms with Gasteiger partial charge in [-0.05, 0) is 36.8 Å². The average Bonchev–Trinajstić information content (AvgIpc) is 3.28. The van der Waals surface area contributed by atoms with Crippen LogP contribution in [0.1, 0.15) is 22.8 Å². The van der Waals surface area contributed by atoms with E-state index in [1.807, 2.05) is 85.1 Å². The Morgan fingerprint density at radius 3 is 2.17 bits per heavy atom. The van der Waals surface area contributed by atoms with Crippen molar-refractivity contribution < 1.29 is 4.79 Å². The summed E-state index contributed by atoms with van der Waals surface area (Å²) in [7, 11) is 0. The van der Waals surface area contributed by atoms with Crippen molar-refractivity contribution in [1.82, 2.24) is 4.98 Å². The molecule has 0 spiro atoms. The van der Waals surface area contributed by atoms with Gasteiger partial charge in [0.2, 0.25) is 5.13 Å². The first-order chi connectivity index (χ1) is 14.7. The number of carbonyl (C=O) groups is 1. The zero-order valence-corrected chi connectivity index (χ0v) is 17.2. The van der Waals surface area contributed by atoms with Crippen molar-refractivity contribution >= 4 is 33.8 Å². The van der Waals surface area contributed by atoms with E-state index in [-0.39, 0.29) is 5.91 Å². The number of thiazole rings is 1. The van der Waals surface area contributed by atoms with E-state index >= 15 is 0 Å². The monoisotopic (exact) mass is 412 g/mol. The molecule has 0 aliphatic carbocycles. The first-order valence-corrected chi connectivity index (χ1v) is 10.3. The highest BCUT2D eigenvalue weighted by molar-refractivity contribution is 7.14. The normalized spacial score (nSPS) is 11.2. The van der Waals surface area contributed by atoms with Crippen molar-refractivity contribution in [2.45, 2.75) is 6.92 Å². The number of benzene rings is 3. The summed E-state index contributed by atoms with van der Waals surface area (Å²) in [6.45, 7) is 1.96. The summed E-state index contributed by atoms with van der Waals surface area (Å²) in [5, 5.41) is 10.0. The van der Waals surface area contributed by atoms with Gasteiger partial charge in [-0.3, -0.25) is 10.2 Å². The van der Waals surface area contributed by atoms with E-state index in [1.165, 1.54) is 11.3 Å². The van der Waals surface area contributed by atoms with Crippen LogP contribution in [0, 0.1) is 0 Å². The van der Waals surface area contributed by atoms with Gasteiger partial charge in [0.25, 0.3) is 5.91 Å². The number of hydrogen-bond donors (Lipinski definition) is 2. The van der Waals surface area contributed by atoms with Crippen LogP contribution in [-0.4, -0.2) is 16.6 Å². The second-order valence-corrected chi connectivity index (χ2v) is 7.47. The summed E-state index contributed by atoms with van der Waals surface area (Å²) in [6, 6.07) is 26.8. The number of rotatable bonds is 6. The van der Waals surface area contributed by atoms with E-state index in [1.54, 1.807) is 12.1 Å². The lowest BCUT2D eigenvalue weighted by atomic mass is 10.1. The third-order valence-electron chi connectivity index (χ3n) is 4.49. The zero-order valence-electron chi connectivity index (χ0n) is 16.4. The standard InChI is InChI=1S/C24H20N4OS/c1-17(18-8-4-2-5-9-18)27-28-24-26-22(16-30-24)19-12-14-21(15-13-19)25-23(29)20-10-6-3-7-11-20/h2-16H,1H3,(H,25,29)(H,26,28)/b27-17-. The van der Waals surface area contributed by atoms with Gasteiger partial charge in [-0.25, -0.2) is 4.98 Å². The summed E-state index contributed by atoms with van der Waals surface area (Å²) >= 11 is 1.49. The molecule has 0 saturated heterocycles. The predicted molar refractivity (Wildman–Crippen MR) is 124 cm³/mol.